The van der Waals surface area contributed by atoms with Gasteiger partial charge in [0.25, 0.3) is 0 Å². The molecule has 0 aliphatic rings. The Kier molecular flexibility index (Phi) is 4.79. The van der Waals surface area contributed by atoms with Crippen LogP contribution in [0, 0.1) is 0 Å². The van der Waals surface area contributed by atoms with Crippen molar-refractivity contribution in [2.24, 2.45) is 0 Å². The molecule has 2 N–H and O–H groups in total. The molecule has 20 heavy (non-hydrogen) atoms. The van der Waals surface area contributed by atoms with E-state index >= 15 is 0 Å². The Morgan fingerprint density at radius 2 is 1.85 bits per heavy atom. The molecule has 0 heterocycles. The van der Waals surface area contributed by atoms with Gasteiger partial charge >= 0.3 is 0 Å². The van der Waals surface area contributed by atoms with E-state index in [4.69, 9.17) is 4.74 Å². The van der Waals surface area contributed by atoms with Gasteiger partial charge in [0.1, 0.15) is 11.5 Å². The predicted octanol–water partition coefficient (Wildman–Crippen LogP) is 4.30. The summed E-state index contributed by atoms with van der Waals surface area (Å²) in [7, 11) is 1.59. The van der Waals surface area contributed by atoms with E-state index < -0.39 is 0 Å². The zero-order chi connectivity index (χ0) is 14.5. The third-order valence-electron chi connectivity index (χ3n) is 3.18. The van der Waals surface area contributed by atoms with E-state index in [0.29, 0.717) is 5.75 Å². The number of anilines is 1. The summed E-state index contributed by atoms with van der Waals surface area (Å²) >= 11 is 1.72. The molecule has 1 unspecified atom stereocenters. The lowest BCUT2D eigenvalue weighted by atomic mass is 10.1. The fourth-order valence-corrected chi connectivity index (χ4v) is 2.44. The minimum absolute atomic E-state index is 0.0148. The number of hydrogen-bond acceptors (Lipinski definition) is 4. The molecule has 0 radical (unpaired) electrons. The first kappa shape index (κ1) is 14.6. The van der Waals surface area contributed by atoms with Gasteiger partial charge in [-0.25, -0.2) is 0 Å². The zero-order valence-electron chi connectivity index (χ0n) is 11.9. The van der Waals surface area contributed by atoms with E-state index in [1.54, 1.807) is 24.9 Å². The average molecular weight is 289 g/mol. The number of nitrogens with one attached hydrogen (secondary N) is 1. The van der Waals surface area contributed by atoms with Crippen molar-refractivity contribution in [2.45, 2.75) is 17.9 Å². The van der Waals surface area contributed by atoms with Crippen LogP contribution in [0.3, 0.4) is 0 Å². The summed E-state index contributed by atoms with van der Waals surface area (Å²) in [6.45, 7) is 2.02. The largest absolute Gasteiger partial charge is 0.507 e. The molecule has 0 saturated carbocycles. The van der Waals surface area contributed by atoms with Crippen LogP contribution in [0.25, 0.3) is 0 Å². The molecule has 0 aromatic heterocycles. The molecule has 0 spiro atoms. The molecule has 2 rings (SSSR count). The highest BCUT2D eigenvalue weighted by atomic mass is 32.2. The van der Waals surface area contributed by atoms with Crippen molar-refractivity contribution in [3.05, 3.63) is 48.0 Å². The Bertz CT molecular complexity index is 569. The lowest BCUT2D eigenvalue weighted by Crippen LogP contribution is -2.06. The molecule has 4 heteroatoms. The van der Waals surface area contributed by atoms with Gasteiger partial charge in [0, 0.05) is 22.2 Å². The van der Waals surface area contributed by atoms with Gasteiger partial charge in [-0.2, -0.15) is 0 Å². The van der Waals surface area contributed by atoms with Crippen LogP contribution in [0.2, 0.25) is 0 Å². The van der Waals surface area contributed by atoms with Crippen LogP contribution in [-0.4, -0.2) is 18.5 Å². The van der Waals surface area contributed by atoms with Crippen molar-refractivity contribution >= 4 is 17.4 Å². The summed E-state index contributed by atoms with van der Waals surface area (Å²) < 4.78 is 5.09. The van der Waals surface area contributed by atoms with E-state index in [1.807, 2.05) is 31.2 Å². The molecular formula is C16H19NO2S. The topological polar surface area (TPSA) is 41.5 Å². The van der Waals surface area contributed by atoms with Gasteiger partial charge in [-0.3, -0.25) is 0 Å². The van der Waals surface area contributed by atoms with E-state index in [1.165, 1.54) is 4.90 Å². The van der Waals surface area contributed by atoms with Gasteiger partial charge in [0.15, 0.2) is 0 Å². The number of phenols is 1. The fraction of sp³-hybridized carbons (Fsp3) is 0.250. The second kappa shape index (κ2) is 6.57. The molecule has 3 nitrogen and oxygen atoms in total. The van der Waals surface area contributed by atoms with Crippen molar-refractivity contribution in [3.8, 4) is 11.5 Å². The van der Waals surface area contributed by atoms with Crippen molar-refractivity contribution in [3.63, 3.8) is 0 Å². The van der Waals surface area contributed by atoms with Crippen LogP contribution in [0.4, 0.5) is 5.69 Å². The van der Waals surface area contributed by atoms with Crippen molar-refractivity contribution in [1.82, 2.24) is 0 Å². The Labute approximate surface area is 124 Å². The van der Waals surface area contributed by atoms with Crippen molar-refractivity contribution in [2.75, 3.05) is 18.7 Å². The second-order valence-corrected chi connectivity index (χ2v) is 5.40. The summed E-state index contributed by atoms with van der Waals surface area (Å²) in [5.41, 5.74) is 1.88. The minimum atomic E-state index is 0.0148. The van der Waals surface area contributed by atoms with Crippen LogP contribution in [-0.2, 0) is 0 Å². The molecule has 1 atom stereocenters. The number of benzene rings is 2. The maximum atomic E-state index is 10.0. The SMILES string of the molecule is COc1ccc(C(C)Nc2ccc(SC)cc2)c(O)c1. The van der Waals surface area contributed by atoms with Gasteiger partial charge < -0.3 is 15.2 Å². The maximum Gasteiger partial charge on any atom is 0.124 e. The van der Waals surface area contributed by atoms with Crippen LogP contribution in [0.15, 0.2) is 47.4 Å². The predicted molar refractivity (Wildman–Crippen MR) is 84.9 cm³/mol. The first-order valence-corrected chi connectivity index (χ1v) is 7.64. The molecule has 2 aromatic rings. The third-order valence-corrected chi connectivity index (χ3v) is 3.92. The minimum Gasteiger partial charge on any atom is -0.507 e. The highest BCUT2D eigenvalue weighted by Crippen LogP contribution is 2.30. The van der Waals surface area contributed by atoms with E-state index in [-0.39, 0.29) is 11.8 Å². The summed E-state index contributed by atoms with van der Waals surface area (Å²) in [6, 6.07) is 13.6. The van der Waals surface area contributed by atoms with Gasteiger partial charge in [0.05, 0.1) is 13.2 Å². The van der Waals surface area contributed by atoms with Crippen LogP contribution < -0.4 is 10.1 Å². The first-order valence-electron chi connectivity index (χ1n) is 6.41. The van der Waals surface area contributed by atoms with Gasteiger partial charge in [0.2, 0.25) is 0 Å². The van der Waals surface area contributed by atoms with E-state index in [9.17, 15) is 5.11 Å². The van der Waals surface area contributed by atoms with Crippen LogP contribution in [0.5, 0.6) is 11.5 Å². The Balaban J connectivity index is 2.12. The number of methoxy groups -OCH3 is 1. The van der Waals surface area contributed by atoms with Crippen LogP contribution in [0.1, 0.15) is 18.5 Å². The zero-order valence-corrected chi connectivity index (χ0v) is 12.7. The second-order valence-electron chi connectivity index (χ2n) is 4.52. The molecule has 106 valence electrons. The molecule has 0 amide bonds. The van der Waals surface area contributed by atoms with Crippen molar-refractivity contribution in [1.29, 1.82) is 0 Å². The summed E-state index contributed by atoms with van der Waals surface area (Å²) in [5.74, 6) is 0.896. The highest BCUT2D eigenvalue weighted by molar-refractivity contribution is 7.98. The quantitative estimate of drug-likeness (QED) is 0.805. The molecule has 2 aromatic carbocycles. The summed E-state index contributed by atoms with van der Waals surface area (Å²) in [5, 5.41) is 13.4. The maximum absolute atomic E-state index is 10.0. The van der Waals surface area contributed by atoms with Gasteiger partial charge in [-0.15, -0.1) is 11.8 Å². The lowest BCUT2D eigenvalue weighted by molar-refractivity contribution is 0.406. The van der Waals surface area contributed by atoms with E-state index in [2.05, 4.69) is 23.7 Å². The van der Waals surface area contributed by atoms with Crippen LogP contribution >= 0.6 is 11.8 Å². The molecule has 0 saturated heterocycles. The molecule has 0 aliphatic heterocycles. The number of phenolic OH excluding ortho intramolecular Hbond substituents is 1. The fourth-order valence-electron chi connectivity index (χ4n) is 2.03. The Morgan fingerprint density at radius 1 is 1.15 bits per heavy atom. The summed E-state index contributed by atoms with van der Waals surface area (Å²) in [4.78, 5) is 1.23. The van der Waals surface area contributed by atoms with Gasteiger partial charge in [-0.1, -0.05) is 0 Å². The molecular weight excluding hydrogens is 270 g/mol. The monoisotopic (exact) mass is 289 g/mol. The van der Waals surface area contributed by atoms with E-state index in [0.717, 1.165) is 11.3 Å². The molecule has 0 fully saturated rings. The normalized spacial score (nSPS) is 11.9. The number of rotatable bonds is 5. The van der Waals surface area contributed by atoms with Crippen molar-refractivity contribution < 1.29 is 9.84 Å². The third kappa shape index (κ3) is 3.39. The first-order chi connectivity index (χ1) is 9.63. The number of thioether (sulfide) groups is 1. The summed E-state index contributed by atoms with van der Waals surface area (Å²) in [6.07, 6.45) is 2.06. The highest BCUT2D eigenvalue weighted by Gasteiger charge is 2.11. The van der Waals surface area contributed by atoms with Gasteiger partial charge in [-0.05, 0) is 49.6 Å². The molecule has 0 bridgehead atoms. The number of ether oxygens (including phenoxy) is 1. The number of aromatic hydroxyl groups is 1. The average Bonchev–Trinajstić information content (AvgIpc) is 2.47. The number of hydrogen-bond donors (Lipinski definition) is 2. The standard InChI is InChI=1S/C16H19NO2S/c1-11(15-9-6-13(19-2)10-16(15)18)17-12-4-7-14(20-3)8-5-12/h4-11,17-18H,1-3H3. The lowest BCUT2D eigenvalue weighted by Gasteiger charge is -2.17. The smallest absolute Gasteiger partial charge is 0.124 e. The molecule has 0 aliphatic carbocycles. The Morgan fingerprint density at radius 3 is 2.40 bits per heavy atom. The Hall–Kier alpha value is -1.81.